The second-order valence-electron chi connectivity index (χ2n) is 5.50. The fourth-order valence-corrected chi connectivity index (χ4v) is 3.09. The highest BCUT2D eigenvalue weighted by molar-refractivity contribution is 5.32. The molecule has 0 bridgehead atoms. The molecule has 100 valence electrons. The van der Waals surface area contributed by atoms with Crippen LogP contribution in [0.25, 0.3) is 0 Å². The maximum absolute atomic E-state index is 10.3. The summed E-state index contributed by atoms with van der Waals surface area (Å²) in [7, 11) is 1.93. The Morgan fingerprint density at radius 1 is 1.42 bits per heavy atom. The summed E-state index contributed by atoms with van der Waals surface area (Å²) in [4.78, 5) is 4.25. The minimum atomic E-state index is -0.461. The highest BCUT2D eigenvalue weighted by Crippen LogP contribution is 2.37. The fourth-order valence-electron chi connectivity index (χ4n) is 3.09. The first-order valence-corrected chi connectivity index (χ1v) is 6.98. The summed E-state index contributed by atoms with van der Waals surface area (Å²) < 4.78 is 1.88. The number of hydrogen-bond donors (Lipinski definition) is 1. The number of hydrogen-bond acceptors (Lipinski definition) is 2. The molecule has 0 fully saturated rings. The van der Waals surface area contributed by atoms with Gasteiger partial charge in [0.25, 0.3) is 0 Å². The molecule has 0 amide bonds. The molecule has 3 heteroatoms. The van der Waals surface area contributed by atoms with E-state index in [9.17, 15) is 5.11 Å². The van der Waals surface area contributed by atoms with Crippen LogP contribution in [0.3, 0.4) is 0 Å². The van der Waals surface area contributed by atoms with E-state index in [0.717, 1.165) is 12.1 Å². The molecular weight excluding hydrogens is 236 g/mol. The van der Waals surface area contributed by atoms with Crippen molar-refractivity contribution in [2.24, 2.45) is 7.05 Å². The lowest BCUT2D eigenvalue weighted by molar-refractivity contribution is 0.150. The molecule has 2 unspecified atom stereocenters. The SMILES string of the molecule is Cn1cnc(C(O)CC2CCCc3ccccc32)c1. The van der Waals surface area contributed by atoms with Gasteiger partial charge in [-0.2, -0.15) is 0 Å². The molecule has 1 N–H and O–H groups in total. The van der Waals surface area contributed by atoms with Crippen molar-refractivity contribution in [3.05, 3.63) is 53.6 Å². The van der Waals surface area contributed by atoms with Gasteiger partial charge in [-0.15, -0.1) is 0 Å². The van der Waals surface area contributed by atoms with Crippen molar-refractivity contribution in [1.29, 1.82) is 0 Å². The number of aromatic nitrogens is 2. The third-order valence-corrected chi connectivity index (χ3v) is 4.07. The topological polar surface area (TPSA) is 38.0 Å². The van der Waals surface area contributed by atoms with E-state index in [4.69, 9.17) is 0 Å². The molecule has 19 heavy (non-hydrogen) atoms. The average Bonchev–Trinajstić information content (AvgIpc) is 2.86. The van der Waals surface area contributed by atoms with Gasteiger partial charge in [-0.3, -0.25) is 0 Å². The molecule has 3 nitrogen and oxygen atoms in total. The highest BCUT2D eigenvalue weighted by Gasteiger charge is 2.23. The number of rotatable bonds is 3. The Morgan fingerprint density at radius 2 is 2.26 bits per heavy atom. The summed E-state index contributed by atoms with van der Waals surface area (Å²) in [5.41, 5.74) is 3.65. The van der Waals surface area contributed by atoms with Crippen molar-refractivity contribution in [1.82, 2.24) is 9.55 Å². The van der Waals surface area contributed by atoms with Crippen molar-refractivity contribution >= 4 is 0 Å². The van der Waals surface area contributed by atoms with Crippen LogP contribution in [-0.2, 0) is 13.5 Å². The molecular formula is C16H20N2O. The predicted octanol–water partition coefficient (Wildman–Crippen LogP) is 2.96. The number of aryl methyl sites for hydroxylation is 2. The number of imidazole rings is 1. The first-order valence-electron chi connectivity index (χ1n) is 6.98. The van der Waals surface area contributed by atoms with Crippen molar-refractivity contribution in [3.63, 3.8) is 0 Å². The third kappa shape index (κ3) is 2.56. The lowest BCUT2D eigenvalue weighted by atomic mass is 9.80. The largest absolute Gasteiger partial charge is 0.387 e. The van der Waals surface area contributed by atoms with E-state index >= 15 is 0 Å². The van der Waals surface area contributed by atoms with Gasteiger partial charge in [-0.25, -0.2) is 4.98 Å². The van der Waals surface area contributed by atoms with E-state index in [2.05, 4.69) is 29.2 Å². The molecule has 1 heterocycles. The third-order valence-electron chi connectivity index (χ3n) is 4.07. The Kier molecular flexibility index (Phi) is 3.38. The van der Waals surface area contributed by atoms with Gasteiger partial charge in [0, 0.05) is 13.2 Å². The zero-order valence-corrected chi connectivity index (χ0v) is 11.3. The minimum absolute atomic E-state index is 0.460. The van der Waals surface area contributed by atoms with Gasteiger partial charge in [0.2, 0.25) is 0 Å². The standard InChI is InChI=1S/C16H20N2O/c1-18-10-15(17-11-18)16(19)9-13-7-4-6-12-5-2-3-8-14(12)13/h2-3,5,8,10-11,13,16,19H,4,6-7,9H2,1H3. The van der Waals surface area contributed by atoms with Gasteiger partial charge >= 0.3 is 0 Å². The van der Waals surface area contributed by atoms with Crippen molar-refractivity contribution in [3.8, 4) is 0 Å². The van der Waals surface area contributed by atoms with Gasteiger partial charge in [0.05, 0.1) is 18.1 Å². The Morgan fingerprint density at radius 3 is 3.05 bits per heavy atom. The molecule has 0 saturated carbocycles. The summed E-state index contributed by atoms with van der Waals surface area (Å²) in [5.74, 6) is 0.460. The number of fused-ring (bicyclic) bond motifs is 1. The first kappa shape index (κ1) is 12.4. The molecule has 0 spiro atoms. The van der Waals surface area contributed by atoms with E-state index in [0.29, 0.717) is 5.92 Å². The molecule has 2 atom stereocenters. The molecule has 1 aromatic heterocycles. The lowest BCUT2D eigenvalue weighted by Gasteiger charge is -2.26. The molecule has 0 saturated heterocycles. The van der Waals surface area contributed by atoms with Crippen LogP contribution < -0.4 is 0 Å². The average molecular weight is 256 g/mol. The summed E-state index contributed by atoms with van der Waals surface area (Å²) in [5, 5.41) is 10.3. The molecule has 2 aromatic rings. The molecule has 1 aromatic carbocycles. The predicted molar refractivity (Wildman–Crippen MR) is 74.9 cm³/mol. The molecule has 0 radical (unpaired) electrons. The van der Waals surface area contributed by atoms with Crippen molar-refractivity contribution in [2.75, 3.05) is 0 Å². The van der Waals surface area contributed by atoms with Gasteiger partial charge in [0.1, 0.15) is 0 Å². The van der Waals surface area contributed by atoms with E-state index in [1.54, 1.807) is 6.33 Å². The van der Waals surface area contributed by atoms with Crippen LogP contribution in [0, 0.1) is 0 Å². The number of aliphatic hydroxyl groups is 1. The highest BCUT2D eigenvalue weighted by atomic mass is 16.3. The van der Waals surface area contributed by atoms with Crippen LogP contribution in [0.2, 0.25) is 0 Å². The van der Waals surface area contributed by atoms with Crippen LogP contribution in [0.1, 0.15) is 48.1 Å². The Balaban J connectivity index is 1.77. The number of benzene rings is 1. The smallest absolute Gasteiger partial charge is 0.0981 e. The monoisotopic (exact) mass is 256 g/mol. The second-order valence-corrected chi connectivity index (χ2v) is 5.50. The minimum Gasteiger partial charge on any atom is -0.387 e. The van der Waals surface area contributed by atoms with Crippen LogP contribution in [0.4, 0.5) is 0 Å². The lowest BCUT2D eigenvalue weighted by Crippen LogP contribution is -2.13. The summed E-state index contributed by atoms with van der Waals surface area (Å²) in [6.07, 6.45) is 7.52. The van der Waals surface area contributed by atoms with Crippen LogP contribution >= 0.6 is 0 Å². The quantitative estimate of drug-likeness (QED) is 0.916. The zero-order chi connectivity index (χ0) is 13.2. The van der Waals surface area contributed by atoms with E-state index in [-0.39, 0.29) is 0 Å². The van der Waals surface area contributed by atoms with Crippen molar-refractivity contribution < 1.29 is 5.11 Å². The first-order chi connectivity index (χ1) is 9.24. The van der Waals surface area contributed by atoms with Crippen LogP contribution in [-0.4, -0.2) is 14.7 Å². The summed E-state index contributed by atoms with van der Waals surface area (Å²) in [6.45, 7) is 0. The number of aliphatic hydroxyl groups excluding tert-OH is 1. The Labute approximate surface area is 113 Å². The van der Waals surface area contributed by atoms with Gasteiger partial charge < -0.3 is 9.67 Å². The Bertz CT molecular complexity index is 561. The van der Waals surface area contributed by atoms with Crippen LogP contribution in [0.5, 0.6) is 0 Å². The normalized spacial score (nSPS) is 20.0. The summed E-state index contributed by atoms with van der Waals surface area (Å²) in [6, 6.07) is 8.64. The molecule has 1 aliphatic rings. The van der Waals surface area contributed by atoms with Gasteiger partial charge in [-0.1, -0.05) is 24.3 Å². The van der Waals surface area contributed by atoms with Crippen molar-refractivity contribution in [2.45, 2.75) is 37.7 Å². The molecule has 3 rings (SSSR count). The maximum Gasteiger partial charge on any atom is 0.0981 e. The fraction of sp³-hybridized carbons (Fsp3) is 0.438. The zero-order valence-electron chi connectivity index (χ0n) is 11.3. The van der Waals surface area contributed by atoms with E-state index < -0.39 is 6.10 Å². The molecule has 1 aliphatic carbocycles. The molecule has 0 aliphatic heterocycles. The summed E-state index contributed by atoms with van der Waals surface area (Å²) >= 11 is 0. The second kappa shape index (κ2) is 5.17. The maximum atomic E-state index is 10.3. The van der Waals surface area contributed by atoms with Gasteiger partial charge in [-0.05, 0) is 42.7 Å². The van der Waals surface area contributed by atoms with E-state index in [1.165, 1.54) is 30.4 Å². The Hall–Kier alpha value is -1.61. The van der Waals surface area contributed by atoms with Gasteiger partial charge in [0.15, 0.2) is 0 Å². The van der Waals surface area contributed by atoms with Crippen LogP contribution in [0.15, 0.2) is 36.8 Å². The van der Waals surface area contributed by atoms with E-state index in [1.807, 2.05) is 17.8 Å². The number of nitrogens with zero attached hydrogens (tertiary/aromatic N) is 2.